The van der Waals surface area contributed by atoms with Crippen molar-refractivity contribution in [3.63, 3.8) is 0 Å². The van der Waals surface area contributed by atoms with E-state index in [1.165, 1.54) is 6.07 Å². The van der Waals surface area contributed by atoms with Gasteiger partial charge in [0.05, 0.1) is 12.2 Å². The quantitative estimate of drug-likeness (QED) is 0.789. The lowest BCUT2D eigenvalue weighted by Crippen LogP contribution is -2.10. The highest BCUT2D eigenvalue weighted by Crippen LogP contribution is 2.25. The first-order chi connectivity index (χ1) is 7.65. The summed E-state index contributed by atoms with van der Waals surface area (Å²) in [5.41, 5.74) is 0.859. The van der Waals surface area contributed by atoms with Crippen LogP contribution in [0.2, 0.25) is 0 Å². The molecule has 1 rings (SSSR count). The number of carbonyl (C=O) groups is 1. The van der Waals surface area contributed by atoms with E-state index < -0.39 is 5.97 Å². The number of hydrogen-bond acceptors (Lipinski definition) is 4. The lowest BCUT2D eigenvalue weighted by molar-refractivity contribution is 0.0524. The SMILES string of the molecule is CCOC(=O)c1c(CC)ccc(O)c1C#N. The highest BCUT2D eigenvalue weighted by atomic mass is 16.5. The first-order valence-corrected chi connectivity index (χ1v) is 5.07. The van der Waals surface area contributed by atoms with Gasteiger partial charge in [0.15, 0.2) is 0 Å². The van der Waals surface area contributed by atoms with Crippen molar-refractivity contribution in [3.8, 4) is 11.8 Å². The van der Waals surface area contributed by atoms with Gasteiger partial charge in [0, 0.05) is 0 Å². The minimum Gasteiger partial charge on any atom is -0.507 e. The predicted molar refractivity (Wildman–Crippen MR) is 58.2 cm³/mol. The molecule has 4 heteroatoms. The number of nitrogens with zero attached hydrogens (tertiary/aromatic N) is 1. The van der Waals surface area contributed by atoms with Gasteiger partial charge in [0.25, 0.3) is 0 Å². The number of esters is 1. The van der Waals surface area contributed by atoms with Gasteiger partial charge in [-0.25, -0.2) is 4.79 Å². The van der Waals surface area contributed by atoms with Crippen molar-refractivity contribution in [1.29, 1.82) is 5.26 Å². The molecular weight excluding hydrogens is 206 g/mol. The Balaban J connectivity index is 3.37. The van der Waals surface area contributed by atoms with E-state index >= 15 is 0 Å². The van der Waals surface area contributed by atoms with Gasteiger partial charge in [-0.05, 0) is 25.0 Å². The maximum absolute atomic E-state index is 11.7. The van der Waals surface area contributed by atoms with Crippen molar-refractivity contribution < 1.29 is 14.6 Å². The standard InChI is InChI=1S/C12H13NO3/c1-3-8-5-6-10(14)9(7-13)11(8)12(15)16-4-2/h5-6,14H,3-4H2,1-2H3. The van der Waals surface area contributed by atoms with Crippen LogP contribution in [-0.4, -0.2) is 17.7 Å². The molecule has 0 saturated carbocycles. The normalized spacial score (nSPS) is 9.56. The van der Waals surface area contributed by atoms with Crippen LogP contribution in [0.1, 0.15) is 35.3 Å². The van der Waals surface area contributed by atoms with Crippen molar-refractivity contribution in [2.45, 2.75) is 20.3 Å². The zero-order valence-corrected chi connectivity index (χ0v) is 9.28. The van der Waals surface area contributed by atoms with Crippen LogP contribution in [0.3, 0.4) is 0 Å². The summed E-state index contributed by atoms with van der Waals surface area (Å²) >= 11 is 0. The monoisotopic (exact) mass is 219 g/mol. The fraction of sp³-hybridized carbons (Fsp3) is 0.333. The molecule has 0 atom stereocenters. The lowest BCUT2D eigenvalue weighted by Gasteiger charge is -2.09. The number of ether oxygens (including phenoxy) is 1. The molecule has 0 spiro atoms. The molecule has 1 aromatic carbocycles. The molecule has 0 amide bonds. The molecule has 1 aromatic rings. The van der Waals surface area contributed by atoms with Gasteiger partial charge in [-0.15, -0.1) is 0 Å². The van der Waals surface area contributed by atoms with Gasteiger partial charge >= 0.3 is 5.97 Å². The smallest absolute Gasteiger partial charge is 0.339 e. The van der Waals surface area contributed by atoms with Crippen LogP contribution in [0, 0.1) is 11.3 Å². The minimum absolute atomic E-state index is 0.0159. The Morgan fingerprint density at radius 3 is 2.69 bits per heavy atom. The van der Waals surface area contributed by atoms with E-state index in [0.29, 0.717) is 12.0 Å². The molecule has 0 aromatic heterocycles. The Morgan fingerprint density at radius 2 is 2.19 bits per heavy atom. The lowest BCUT2D eigenvalue weighted by atomic mass is 9.99. The number of benzene rings is 1. The third-order valence-corrected chi connectivity index (χ3v) is 2.24. The van der Waals surface area contributed by atoms with E-state index in [4.69, 9.17) is 10.00 Å². The molecule has 0 unspecified atom stereocenters. The summed E-state index contributed by atoms with van der Waals surface area (Å²) in [5, 5.41) is 18.4. The molecule has 0 aliphatic rings. The average Bonchev–Trinajstić information content (AvgIpc) is 2.28. The molecule has 0 fully saturated rings. The van der Waals surface area contributed by atoms with Crippen LogP contribution in [0.5, 0.6) is 5.75 Å². The van der Waals surface area contributed by atoms with E-state index in [0.717, 1.165) is 0 Å². The summed E-state index contributed by atoms with van der Waals surface area (Å²) in [4.78, 5) is 11.7. The fourth-order valence-corrected chi connectivity index (χ4v) is 1.48. The van der Waals surface area contributed by atoms with E-state index in [2.05, 4.69) is 0 Å². The molecule has 0 radical (unpaired) electrons. The van der Waals surface area contributed by atoms with Crippen molar-refractivity contribution in [2.75, 3.05) is 6.61 Å². The first-order valence-electron chi connectivity index (χ1n) is 5.07. The van der Waals surface area contributed by atoms with Crippen molar-refractivity contribution in [3.05, 3.63) is 28.8 Å². The highest BCUT2D eigenvalue weighted by molar-refractivity contribution is 5.94. The van der Waals surface area contributed by atoms with Crippen molar-refractivity contribution in [1.82, 2.24) is 0 Å². The molecule has 0 aliphatic heterocycles. The summed E-state index contributed by atoms with van der Waals surface area (Å²) in [6.45, 7) is 3.80. The van der Waals surface area contributed by atoms with Crippen LogP contribution in [0.4, 0.5) is 0 Å². The van der Waals surface area contributed by atoms with E-state index in [1.54, 1.807) is 13.0 Å². The number of aromatic hydroxyl groups is 1. The largest absolute Gasteiger partial charge is 0.507 e. The second-order valence-corrected chi connectivity index (χ2v) is 3.18. The summed E-state index contributed by atoms with van der Waals surface area (Å²) in [5.74, 6) is -0.755. The maximum atomic E-state index is 11.7. The minimum atomic E-state index is -0.563. The number of carbonyl (C=O) groups excluding carboxylic acids is 1. The van der Waals surface area contributed by atoms with Gasteiger partial charge in [0.2, 0.25) is 0 Å². The van der Waals surface area contributed by atoms with Crippen LogP contribution in [0.25, 0.3) is 0 Å². The molecular formula is C12H13NO3. The number of aryl methyl sites for hydroxylation is 1. The number of phenolic OH excluding ortho intramolecular Hbond substituents is 1. The Labute approximate surface area is 94.1 Å². The number of rotatable bonds is 3. The van der Waals surface area contributed by atoms with Gasteiger partial charge in [-0.3, -0.25) is 0 Å². The molecule has 1 N–H and O–H groups in total. The van der Waals surface area contributed by atoms with Gasteiger partial charge < -0.3 is 9.84 Å². The Kier molecular flexibility index (Phi) is 3.90. The third-order valence-electron chi connectivity index (χ3n) is 2.24. The average molecular weight is 219 g/mol. The Bertz CT molecular complexity index is 446. The highest BCUT2D eigenvalue weighted by Gasteiger charge is 2.19. The summed E-state index contributed by atoms with van der Waals surface area (Å²) in [7, 11) is 0. The third kappa shape index (κ3) is 2.14. The maximum Gasteiger partial charge on any atom is 0.339 e. The molecule has 0 heterocycles. The Hall–Kier alpha value is -2.02. The number of hydrogen-bond donors (Lipinski definition) is 1. The molecule has 16 heavy (non-hydrogen) atoms. The zero-order chi connectivity index (χ0) is 12.1. The summed E-state index contributed by atoms with van der Waals surface area (Å²) in [6.07, 6.45) is 0.600. The van der Waals surface area contributed by atoms with Crippen LogP contribution < -0.4 is 0 Å². The summed E-state index contributed by atoms with van der Waals surface area (Å²) in [6, 6.07) is 4.87. The number of phenols is 1. The molecule has 0 aliphatic carbocycles. The zero-order valence-electron chi connectivity index (χ0n) is 9.28. The van der Waals surface area contributed by atoms with Crippen LogP contribution >= 0.6 is 0 Å². The van der Waals surface area contributed by atoms with Crippen LogP contribution in [-0.2, 0) is 11.2 Å². The molecule has 0 bridgehead atoms. The second-order valence-electron chi connectivity index (χ2n) is 3.18. The van der Waals surface area contributed by atoms with Gasteiger partial charge in [-0.2, -0.15) is 5.26 Å². The van der Waals surface area contributed by atoms with E-state index in [9.17, 15) is 9.90 Å². The Morgan fingerprint density at radius 1 is 1.50 bits per heavy atom. The van der Waals surface area contributed by atoms with E-state index in [1.807, 2.05) is 13.0 Å². The predicted octanol–water partition coefficient (Wildman–Crippen LogP) is 2.00. The van der Waals surface area contributed by atoms with Crippen molar-refractivity contribution >= 4 is 5.97 Å². The topological polar surface area (TPSA) is 70.3 Å². The van der Waals surface area contributed by atoms with Gasteiger partial charge in [0.1, 0.15) is 17.4 Å². The number of nitriles is 1. The fourth-order valence-electron chi connectivity index (χ4n) is 1.48. The first kappa shape index (κ1) is 12.1. The molecule has 84 valence electrons. The summed E-state index contributed by atoms with van der Waals surface area (Å²) < 4.78 is 4.87. The molecule has 0 saturated heterocycles. The van der Waals surface area contributed by atoms with E-state index in [-0.39, 0.29) is 23.5 Å². The second kappa shape index (κ2) is 5.17. The van der Waals surface area contributed by atoms with Crippen LogP contribution in [0.15, 0.2) is 12.1 Å². The molecule has 4 nitrogen and oxygen atoms in total. The van der Waals surface area contributed by atoms with Gasteiger partial charge in [-0.1, -0.05) is 13.0 Å². The van der Waals surface area contributed by atoms with Crippen molar-refractivity contribution in [2.24, 2.45) is 0 Å².